The Bertz CT molecular complexity index is 1680. The zero-order valence-corrected chi connectivity index (χ0v) is 26.3. The first-order valence-electron chi connectivity index (χ1n) is 13.7. The van der Waals surface area contributed by atoms with Gasteiger partial charge in [-0.3, -0.25) is 9.59 Å². The molecule has 1 aliphatic heterocycles. The third-order valence-corrected chi connectivity index (χ3v) is 8.60. The van der Waals surface area contributed by atoms with Crippen LogP contribution < -0.4 is 10.7 Å². The van der Waals surface area contributed by atoms with Crippen LogP contribution in [0.3, 0.4) is 0 Å². The minimum atomic E-state index is -4.58. The summed E-state index contributed by atoms with van der Waals surface area (Å²) in [5.41, 5.74) is -0.824. The lowest BCUT2D eigenvalue weighted by atomic mass is 9.73. The third-order valence-electron chi connectivity index (χ3n) is 7.91. The molecule has 1 atom stereocenters. The Balaban J connectivity index is 1.51. The molecule has 3 aromatic rings. The predicted octanol–water partition coefficient (Wildman–Crippen LogP) is 6.64. The molecule has 1 fully saturated rings. The van der Waals surface area contributed by atoms with Crippen molar-refractivity contribution in [2.75, 3.05) is 18.4 Å². The Morgan fingerprint density at radius 2 is 1.88 bits per heavy atom. The quantitative estimate of drug-likeness (QED) is 0.332. The summed E-state index contributed by atoms with van der Waals surface area (Å²) in [5, 5.41) is 2.33. The van der Waals surface area contributed by atoms with E-state index in [9.17, 15) is 27.6 Å². The van der Waals surface area contributed by atoms with Crippen molar-refractivity contribution in [3.05, 3.63) is 61.1 Å². The molecule has 0 bridgehead atoms. The fourth-order valence-corrected chi connectivity index (χ4v) is 6.70. The van der Waals surface area contributed by atoms with Crippen LogP contribution >= 0.6 is 27.5 Å². The maximum absolute atomic E-state index is 14.0. The van der Waals surface area contributed by atoms with E-state index in [0.717, 1.165) is 18.2 Å². The van der Waals surface area contributed by atoms with Gasteiger partial charge >= 0.3 is 12.3 Å². The summed E-state index contributed by atoms with van der Waals surface area (Å²) in [5.74, 6) is -0.695. The highest BCUT2D eigenvalue weighted by Crippen LogP contribution is 2.51. The number of nitrogens with zero attached hydrogens (tertiary/aromatic N) is 4. The summed E-state index contributed by atoms with van der Waals surface area (Å²) in [7, 11) is 0. The number of likely N-dealkylation sites (tertiary alicyclic amines) is 1. The van der Waals surface area contributed by atoms with Crippen LogP contribution in [-0.4, -0.2) is 50.1 Å². The number of anilines is 1. The Morgan fingerprint density at radius 1 is 1.21 bits per heavy atom. The topological polar surface area (TPSA) is 106 Å². The van der Waals surface area contributed by atoms with E-state index in [0.29, 0.717) is 48.2 Å². The number of fused-ring (bicyclic) bond motifs is 3. The number of hydrogen-bond donors (Lipinski definition) is 1. The molecule has 1 aliphatic carbocycles. The average molecular weight is 685 g/mol. The molecule has 43 heavy (non-hydrogen) atoms. The van der Waals surface area contributed by atoms with Gasteiger partial charge in [-0.2, -0.15) is 13.2 Å². The first kappa shape index (κ1) is 31.2. The number of carbonyl (C=O) groups excluding carboxylic acids is 2. The number of nitrogens with one attached hydrogen (secondary N) is 1. The van der Waals surface area contributed by atoms with Gasteiger partial charge in [0, 0.05) is 29.8 Å². The fourth-order valence-electron chi connectivity index (χ4n) is 6.19. The Hall–Kier alpha value is -3.19. The van der Waals surface area contributed by atoms with Gasteiger partial charge < -0.3 is 19.5 Å². The van der Waals surface area contributed by atoms with Gasteiger partial charge in [0.1, 0.15) is 16.7 Å². The van der Waals surface area contributed by atoms with Crippen molar-refractivity contribution in [1.82, 2.24) is 19.4 Å². The lowest BCUT2D eigenvalue weighted by molar-refractivity contribution is -0.137. The SMILES string of the molecule is C[C@H]1CC2(CCN(C(=O)OC(C)(C)C)CC2)c2c1n(CC(=O)Nc1ccc(C(F)(F)F)cc1Cl)c1ncc(Br)nc1c2=O. The Labute approximate surface area is 258 Å². The summed E-state index contributed by atoms with van der Waals surface area (Å²) in [6.07, 6.45) is -1.87. The summed E-state index contributed by atoms with van der Waals surface area (Å²) in [6, 6.07) is 2.69. The number of benzene rings is 1. The molecule has 3 heterocycles. The molecule has 9 nitrogen and oxygen atoms in total. The molecular weight excluding hydrogens is 655 g/mol. The molecule has 2 aromatic heterocycles. The number of carbonyl (C=O) groups is 2. The highest BCUT2D eigenvalue weighted by Gasteiger charge is 2.49. The van der Waals surface area contributed by atoms with Crippen molar-refractivity contribution < 1.29 is 27.5 Å². The van der Waals surface area contributed by atoms with Crippen LogP contribution in [0.25, 0.3) is 11.2 Å². The van der Waals surface area contributed by atoms with Gasteiger partial charge in [-0.05, 0) is 80.1 Å². The van der Waals surface area contributed by atoms with Gasteiger partial charge in [0.25, 0.3) is 0 Å². The van der Waals surface area contributed by atoms with Crippen LogP contribution in [0, 0.1) is 0 Å². The van der Waals surface area contributed by atoms with E-state index in [1.807, 2.05) is 6.92 Å². The standard InChI is InChI=1S/C29H30BrClF3N5O4/c1-15-12-28(7-9-38(10-8-28)26(42)43-27(2,3)4)21-23(15)39(25-22(24(21)41)37-19(30)13-35-25)14-20(40)36-18-6-5-16(11-17(18)31)29(32,33)34/h5-6,11,13,15H,7-10,12,14H2,1-4H3,(H,36,40)/t15-/m0/s1. The molecule has 2 amide bonds. The predicted molar refractivity (Wildman–Crippen MR) is 158 cm³/mol. The van der Waals surface area contributed by atoms with Crippen molar-refractivity contribution in [3.8, 4) is 0 Å². The number of aromatic nitrogens is 3. The lowest BCUT2D eigenvalue weighted by Crippen LogP contribution is -2.47. The summed E-state index contributed by atoms with van der Waals surface area (Å²) < 4.78 is 46.8. The van der Waals surface area contributed by atoms with Crippen LogP contribution in [0.2, 0.25) is 5.02 Å². The first-order valence-corrected chi connectivity index (χ1v) is 14.9. The summed E-state index contributed by atoms with van der Waals surface area (Å²) in [4.78, 5) is 50.6. The van der Waals surface area contributed by atoms with E-state index in [-0.39, 0.29) is 39.8 Å². The molecule has 1 aromatic carbocycles. The molecule has 0 unspecified atom stereocenters. The second-order valence-corrected chi connectivity index (χ2v) is 13.4. The molecule has 2 aliphatic rings. The number of piperidine rings is 1. The van der Waals surface area contributed by atoms with E-state index >= 15 is 0 Å². The van der Waals surface area contributed by atoms with Crippen LogP contribution in [0.1, 0.15) is 69.7 Å². The van der Waals surface area contributed by atoms with E-state index in [4.69, 9.17) is 16.3 Å². The second-order valence-electron chi connectivity index (χ2n) is 12.1. The van der Waals surface area contributed by atoms with Crippen LogP contribution in [-0.2, 0) is 27.7 Å². The van der Waals surface area contributed by atoms with Gasteiger partial charge in [-0.1, -0.05) is 18.5 Å². The van der Waals surface area contributed by atoms with E-state index < -0.39 is 34.8 Å². The number of hydrogen-bond acceptors (Lipinski definition) is 6. The largest absolute Gasteiger partial charge is 0.444 e. The van der Waals surface area contributed by atoms with Crippen molar-refractivity contribution in [3.63, 3.8) is 0 Å². The fraction of sp³-hybridized carbons (Fsp3) is 0.483. The van der Waals surface area contributed by atoms with Crippen LogP contribution in [0.15, 0.2) is 33.8 Å². The average Bonchev–Trinajstić information content (AvgIpc) is 3.17. The zero-order chi connectivity index (χ0) is 31.5. The first-order chi connectivity index (χ1) is 20.0. The number of alkyl halides is 3. The van der Waals surface area contributed by atoms with E-state index in [1.165, 1.54) is 6.20 Å². The number of amides is 2. The monoisotopic (exact) mass is 683 g/mol. The van der Waals surface area contributed by atoms with Crippen molar-refractivity contribution in [1.29, 1.82) is 0 Å². The number of ether oxygens (including phenoxy) is 1. The molecule has 1 spiro atoms. The van der Waals surface area contributed by atoms with Gasteiger partial charge in [0.05, 0.1) is 22.5 Å². The van der Waals surface area contributed by atoms with Gasteiger partial charge in [0.2, 0.25) is 11.3 Å². The van der Waals surface area contributed by atoms with Gasteiger partial charge in [-0.15, -0.1) is 0 Å². The van der Waals surface area contributed by atoms with E-state index in [2.05, 4.69) is 31.2 Å². The highest BCUT2D eigenvalue weighted by molar-refractivity contribution is 9.10. The molecule has 14 heteroatoms. The number of pyridine rings is 1. The van der Waals surface area contributed by atoms with E-state index in [1.54, 1.807) is 30.2 Å². The minimum absolute atomic E-state index is 0.0227. The molecule has 230 valence electrons. The highest BCUT2D eigenvalue weighted by atomic mass is 79.9. The molecule has 1 N–H and O–H groups in total. The third kappa shape index (κ3) is 6.11. The maximum atomic E-state index is 14.0. The summed E-state index contributed by atoms with van der Waals surface area (Å²) in [6.45, 7) is 7.91. The Morgan fingerprint density at radius 3 is 2.49 bits per heavy atom. The van der Waals surface area contributed by atoms with Gasteiger partial charge in [0.15, 0.2) is 11.2 Å². The normalized spacial score (nSPS) is 18.2. The van der Waals surface area contributed by atoms with Crippen molar-refractivity contribution in [2.45, 2.75) is 76.6 Å². The van der Waals surface area contributed by atoms with Crippen LogP contribution in [0.5, 0.6) is 0 Å². The Kier molecular flexibility index (Phi) is 8.04. The number of rotatable bonds is 3. The summed E-state index contributed by atoms with van der Waals surface area (Å²) >= 11 is 9.36. The molecule has 1 saturated heterocycles. The molecule has 0 radical (unpaired) electrons. The maximum Gasteiger partial charge on any atom is 0.416 e. The molecule has 0 saturated carbocycles. The second kappa shape index (κ2) is 11.1. The van der Waals surface area contributed by atoms with Crippen LogP contribution in [0.4, 0.5) is 23.7 Å². The molecular formula is C29H30BrClF3N5O4. The smallest absolute Gasteiger partial charge is 0.416 e. The van der Waals surface area contributed by atoms with Crippen molar-refractivity contribution in [2.24, 2.45) is 0 Å². The van der Waals surface area contributed by atoms with Crippen molar-refractivity contribution >= 4 is 56.4 Å². The molecule has 5 rings (SSSR count). The van der Waals surface area contributed by atoms with Gasteiger partial charge in [-0.25, -0.2) is 14.8 Å². The number of halogens is 5. The lowest BCUT2D eigenvalue weighted by Gasteiger charge is -2.40. The zero-order valence-electron chi connectivity index (χ0n) is 23.9. The minimum Gasteiger partial charge on any atom is -0.444 e.